The first-order valence-electron chi connectivity index (χ1n) is 7.14. The maximum Gasteiger partial charge on any atom is 0.416 e. The first-order valence-corrected chi connectivity index (χ1v) is 8.90. The van der Waals surface area contributed by atoms with Crippen LogP contribution in [-0.4, -0.2) is 17.0 Å². The predicted molar refractivity (Wildman–Crippen MR) is 94.0 cm³/mol. The Labute approximate surface area is 153 Å². The molecule has 0 spiro atoms. The smallest absolute Gasteiger partial charge is 0.416 e. The largest absolute Gasteiger partial charge is 0.478 e. The van der Waals surface area contributed by atoms with E-state index in [0.717, 1.165) is 23.5 Å². The van der Waals surface area contributed by atoms with Gasteiger partial charge in [0.1, 0.15) is 5.56 Å². The van der Waals surface area contributed by atoms with Crippen LogP contribution in [0.3, 0.4) is 0 Å². The zero-order valence-corrected chi connectivity index (χ0v) is 14.5. The summed E-state index contributed by atoms with van der Waals surface area (Å²) in [7, 11) is 0. The highest BCUT2D eigenvalue weighted by molar-refractivity contribution is 7.14. The summed E-state index contributed by atoms with van der Waals surface area (Å²) in [5, 5.41) is 15.2. The molecule has 2 N–H and O–H groups in total. The molecular weight excluding hydrogens is 387 g/mol. The lowest BCUT2D eigenvalue weighted by Crippen LogP contribution is -2.12. The summed E-state index contributed by atoms with van der Waals surface area (Å²) in [6, 6.07) is 7.51. The molecule has 0 aliphatic carbocycles. The first kappa shape index (κ1) is 18.2. The Morgan fingerprint density at radius 1 is 1.04 bits per heavy atom. The highest BCUT2D eigenvalue weighted by Crippen LogP contribution is 2.38. The molecule has 0 radical (unpaired) electrons. The third kappa shape index (κ3) is 3.63. The van der Waals surface area contributed by atoms with Crippen LogP contribution in [0.2, 0.25) is 0 Å². The van der Waals surface area contributed by atoms with Gasteiger partial charge in [-0.3, -0.25) is 4.79 Å². The highest BCUT2D eigenvalue weighted by Gasteiger charge is 2.30. The molecule has 26 heavy (non-hydrogen) atoms. The Kier molecular flexibility index (Phi) is 4.84. The lowest BCUT2D eigenvalue weighted by Gasteiger charge is -2.08. The Balaban J connectivity index is 1.95. The zero-order chi connectivity index (χ0) is 18.9. The van der Waals surface area contributed by atoms with Crippen LogP contribution in [0.1, 0.15) is 25.6 Å². The summed E-state index contributed by atoms with van der Waals surface area (Å²) >= 11 is 2.25. The van der Waals surface area contributed by atoms with Crippen LogP contribution in [0.25, 0.3) is 10.4 Å². The maximum atomic E-state index is 12.7. The molecule has 2 aromatic heterocycles. The van der Waals surface area contributed by atoms with E-state index in [4.69, 9.17) is 0 Å². The van der Waals surface area contributed by atoms with Crippen molar-refractivity contribution in [3.8, 4) is 10.4 Å². The average molecular weight is 397 g/mol. The number of nitrogens with one attached hydrogen (secondary N) is 1. The van der Waals surface area contributed by atoms with Crippen LogP contribution in [0.5, 0.6) is 0 Å². The summed E-state index contributed by atoms with van der Waals surface area (Å²) in [5.74, 6) is -1.72. The summed E-state index contributed by atoms with van der Waals surface area (Å²) in [5.41, 5.74) is -0.534. The molecule has 0 aliphatic heterocycles. The van der Waals surface area contributed by atoms with E-state index in [1.165, 1.54) is 28.8 Å². The van der Waals surface area contributed by atoms with E-state index in [2.05, 4.69) is 5.32 Å². The quantitative estimate of drug-likeness (QED) is 0.616. The number of hydrogen-bond acceptors (Lipinski definition) is 4. The predicted octanol–water partition coefficient (Wildman–Crippen LogP) is 5.45. The molecule has 0 atom stereocenters. The van der Waals surface area contributed by atoms with Gasteiger partial charge in [-0.25, -0.2) is 4.79 Å². The van der Waals surface area contributed by atoms with Gasteiger partial charge >= 0.3 is 12.1 Å². The van der Waals surface area contributed by atoms with Gasteiger partial charge in [0.05, 0.1) is 21.0 Å². The fraction of sp³-hybridized carbons (Fsp3) is 0.0588. The average Bonchev–Trinajstić information content (AvgIpc) is 3.23. The minimum Gasteiger partial charge on any atom is -0.478 e. The SMILES string of the molecule is O=C(Nc1csc(-c2ccc(C(F)(F)F)cc2)c1C(=O)O)c1cccs1. The molecule has 4 nitrogen and oxygen atoms in total. The van der Waals surface area contributed by atoms with Crippen LogP contribution in [-0.2, 0) is 6.18 Å². The number of aromatic carboxylic acids is 1. The Morgan fingerprint density at radius 3 is 2.27 bits per heavy atom. The third-order valence-corrected chi connectivity index (χ3v) is 5.37. The summed E-state index contributed by atoms with van der Waals surface area (Å²) in [6.45, 7) is 0. The van der Waals surface area contributed by atoms with Gasteiger partial charge in [0.25, 0.3) is 5.91 Å². The van der Waals surface area contributed by atoms with Gasteiger partial charge in [0.2, 0.25) is 0 Å². The standard InChI is InChI=1S/C17H10F3NO3S2/c18-17(19,20)10-5-3-9(4-6-10)14-13(16(23)24)11(8-26-14)21-15(22)12-2-1-7-25-12/h1-8H,(H,21,22)(H,23,24). The Morgan fingerprint density at radius 2 is 1.73 bits per heavy atom. The van der Waals surface area contributed by atoms with Crippen molar-refractivity contribution in [1.29, 1.82) is 0 Å². The lowest BCUT2D eigenvalue weighted by atomic mass is 10.1. The number of benzene rings is 1. The fourth-order valence-electron chi connectivity index (χ4n) is 2.28. The molecule has 1 aromatic carbocycles. The molecule has 0 saturated heterocycles. The second-order valence-corrected chi connectivity index (χ2v) is 6.99. The van der Waals surface area contributed by atoms with Crippen LogP contribution in [0, 0.1) is 0 Å². The Hall–Kier alpha value is -2.65. The summed E-state index contributed by atoms with van der Waals surface area (Å²) in [4.78, 5) is 24.5. The normalized spacial score (nSPS) is 11.3. The number of alkyl halides is 3. The number of hydrogen-bond donors (Lipinski definition) is 2. The molecule has 134 valence electrons. The van der Waals surface area contributed by atoms with Gasteiger partial charge in [-0.1, -0.05) is 18.2 Å². The van der Waals surface area contributed by atoms with Gasteiger partial charge in [-0.05, 0) is 29.1 Å². The van der Waals surface area contributed by atoms with Crippen molar-refractivity contribution >= 4 is 40.2 Å². The minimum absolute atomic E-state index is 0.107. The zero-order valence-electron chi connectivity index (χ0n) is 12.8. The van der Waals surface area contributed by atoms with E-state index >= 15 is 0 Å². The number of amides is 1. The molecule has 0 bridgehead atoms. The van der Waals surface area contributed by atoms with Gasteiger partial charge in [0.15, 0.2) is 0 Å². The van der Waals surface area contributed by atoms with Crippen molar-refractivity contribution < 1.29 is 27.9 Å². The summed E-state index contributed by atoms with van der Waals surface area (Å²) < 4.78 is 38.0. The van der Waals surface area contributed by atoms with Crippen LogP contribution in [0.4, 0.5) is 18.9 Å². The van der Waals surface area contributed by atoms with Crippen molar-refractivity contribution in [3.63, 3.8) is 0 Å². The van der Waals surface area contributed by atoms with Gasteiger partial charge in [-0.15, -0.1) is 22.7 Å². The molecule has 0 saturated carbocycles. The van der Waals surface area contributed by atoms with Crippen LogP contribution < -0.4 is 5.32 Å². The first-order chi connectivity index (χ1) is 12.3. The van der Waals surface area contributed by atoms with E-state index in [0.29, 0.717) is 10.4 Å². The molecule has 1 amide bonds. The molecule has 2 heterocycles. The topological polar surface area (TPSA) is 66.4 Å². The highest BCUT2D eigenvalue weighted by atomic mass is 32.1. The molecule has 0 fully saturated rings. The van der Waals surface area contributed by atoms with Gasteiger partial charge < -0.3 is 10.4 Å². The van der Waals surface area contributed by atoms with Gasteiger partial charge in [-0.2, -0.15) is 13.2 Å². The maximum absolute atomic E-state index is 12.7. The number of carboxylic acid groups (broad SMARTS) is 1. The number of carbonyl (C=O) groups excluding carboxylic acids is 1. The monoisotopic (exact) mass is 397 g/mol. The number of thiophene rings is 2. The molecule has 0 unspecified atom stereocenters. The lowest BCUT2D eigenvalue weighted by molar-refractivity contribution is -0.137. The molecule has 3 aromatic rings. The molecular formula is C17H10F3NO3S2. The van der Waals surface area contributed by atoms with E-state index in [-0.39, 0.29) is 16.1 Å². The number of anilines is 1. The van der Waals surface area contributed by atoms with Crippen molar-refractivity contribution in [1.82, 2.24) is 0 Å². The second-order valence-electron chi connectivity index (χ2n) is 5.17. The van der Waals surface area contributed by atoms with E-state index in [1.807, 2.05) is 0 Å². The number of carbonyl (C=O) groups is 2. The Bertz CT molecular complexity index is 945. The van der Waals surface area contributed by atoms with Crippen LogP contribution >= 0.6 is 22.7 Å². The van der Waals surface area contributed by atoms with Crippen molar-refractivity contribution in [2.75, 3.05) is 5.32 Å². The summed E-state index contributed by atoms with van der Waals surface area (Å²) in [6.07, 6.45) is -4.47. The van der Waals surface area contributed by atoms with Crippen LogP contribution in [0.15, 0.2) is 47.2 Å². The van der Waals surface area contributed by atoms with E-state index in [9.17, 15) is 27.9 Å². The van der Waals surface area contributed by atoms with Crippen molar-refractivity contribution in [2.24, 2.45) is 0 Å². The molecule has 3 rings (SSSR count). The second kappa shape index (κ2) is 6.93. The molecule has 0 aliphatic rings. The molecule has 9 heteroatoms. The van der Waals surface area contributed by atoms with Gasteiger partial charge in [0, 0.05) is 5.38 Å². The minimum atomic E-state index is -4.47. The number of halogens is 3. The third-order valence-electron chi connectivity index (χ3n) is 3.47. The number of rotatable bonds is 4. The fourth-order valence-corrected chi connectivity index (χ4v) is 3.90. The number of carboxylic acids is 1. The van der Waals surface area contributed by atoms with E-state index < -0.39 is 23.6 Å². The van der Waals surface area contributed by atoms with E-state index in [1.54, 1.807) is 17.5 Å². The van der Waals surface area contributed by atoms with Crippen molar-refractivity contribution in [2.45, 2.75) is 6.18 Å². The van der Waals surface area contributed by atoms with Crippen molar-refractivity contribution in [3.05, 3.63) is 63.2 Å².